The molecule has 1 N–H and O–H groups in total. The lowest BCUT2D eigenvalue weighted by molar-refractivity contribution is -0.140. The Bertz CT molecular complexity index is 1130. The number of fused-ring (bicyclic) bond motifs is 1. The van der Waals surface area contributed by atoms with Crippen LogP contribution in [0.25, 0.3) is 5.76 Å². The predicted octanol–water partition coefficient (Wildman–Crippen LogP) is 3.06. The standard InChI is InChI=1S/C26H30N2O6/c1-16-4-6-21(33-16)23-22(24(29)18-5-7-20-19(15-18)14-17(2)34-20)25(30)26(31)28(23)9-3-8-27-10-12-32-13-11-27/h4-7,15,17,23,29H,3,8-14H2,1-2H3/t17-,23+/m0/s1. The van der Waals surface area contributed by atoms with E-state index in [-0.39, 0.29) is 17.4 Å². The lowest BCUT2D eigenvalue weighted by Gasteiger charge is -2.28. The van der Waals surface area contributed by atoms with Crippen molar-refractivity contribution in [2.75, 3.05) is 39.4 Å². The zero-order valence-electron chi connectivity index (χ0n) is 19.6. The molecule has 0 aliphatic carbocycles. The van der Waals surface area contributed by atoms with Crippen LogP contribution >= 0.6 is 0 Å². The van der Waals surface area contributed by atoms with E-state index in [0.717, 1.165) is 37.4 Å². The average Bonchev–Trinajstić information content (AvgIpc) is 3.49. The molecule has 3 aliphatic heterocycles. The molecular formula is C26H30N2O6. The van der Waals surface area contributed by atoms with E-state index in [1.807, 2.05) is 19.9 Å². The van der Waals surface area contributed by atoms with Crippen LogP contribution in [0.15, 0.2) is 40.3 Å². The van der Waals surface area contributed by atoms with E-state index in [2.05, 4.69) is 4.90 Å². The second kappa shape index (κ2) is 9.27. The van der Waals surface area contributed by atoms with E-state index in [0.29, 0.717) is 43.3 Å². The number of ether oxygens (including phenoxy) is 2. The fraction of sp³-hybridized carbons (Fsp3) is 0.462. The van der Waals surface area contributed by atoms with Gasteiger partial charge >= 0.3 is 0 Å². The number of carbonyl (C=O) groups excluding carboxylic acids is 2. The van der Waals surface area contributed by atoms with Gasteiger partial charge in [-0.05, 0) is 56.2 Å². The van der Waals surface area contributed by atoms with Gasteiger partial charge in [-0.3, -0.25) is 14.5 Å². The van der Waals surface area contributed by atoms with Crippen molar-refractivity contribution in [3.05, 3.63) is 58.6 Å². The Morgan fingerprint density at radius 1 is 1.12 bits per heavy atom. The number of likely N-dealkylation sites (tertiary alicyclic amines) is 1. The van der Waals surface area contributed by atoms with Crippen LogP contribution in [-0.4, -0.2) is 72.1 Å². The van der Waals surface area contributed by atoms with Crippen LogP contribution in [0.5, 0.6) is 5.75 Å². The fourth-order valence-electron chi connectivity index (χ4n) is 5.02. The van der Waals surface area contributed by atoms with Crippen molar-refractivity contribution in [1.82, 2.24) is 9.80 Å². The second-order valence-corrected chi connectivity index (χ2v) is 9.20. The number of carbonyl (C=O) groups is 2. The summed E-state index contributed by atoms with van der Waals surface area (Å²) in [6.07, 6.45) is 1.50. The highest BCUT2D eigenvalue weighted by atomic mass is 16.5. The van der Waals surface area contributed by atoms with E-state index in [9.17, 15) is 14.7 Å². The molecule has 0 radical (unpaired) electrons. The number of aliphatic hydroxyl groups excluding tert-OH is 1. The molecule has 0 bridgehead atoms. The summed E-state index contributed by atoms with van der Waals surface area (Å²) in [6, 6.07) is 8.18. The van der Waals surface area contributed by atoms with E-state index >= 15 is 0 Å². The minimum Gasteiger partial charge on any atom is -0.507 e. The van der Waals surface area contributed by atoms with Gasteiger partial charge in [-0.25, -0.2) is 0 Å². The predicted molar refractivity (Wildman–Crippen MR) is 125 cm³/mol. The highest BCUT2D eigenvalue weighted by Gasteiger charge is 2.47. The summed E-state index contributed by atoms with van der Waals surface area (Å²) in [6.45, 7) is 8.14. The van der Waals surface area contributed by atoms with E-state index < -0.39 is 17.7 Å². The molecule has 0 saturated carbocycles. The largest absolute Gasteiger partial charge is 0.507 e. The molecule has 8 heteroatoms. The third-order valence-corrected chi connectivity index (χ3v) is 6.72. The molecule has 0 spiro atoms. The number of Topliss-reactive ketones (excluding diaryl/α,β-unsaturated/α-hetero) is 1. The van der Waals surface area contributed by atoms with Gasteiger partial charge in [0.1, 0.15) is 35.2 Å². The summed E-state index contributed by atoms with van der Waals surface area (Å²) in [5, 5.41) is 11.3. The molecule has 2 saturated heterocycles. The molecule has 2 atom stereocenters. The third kappa shape index (κ3) is 4.23. The first kappa shape index (κ1) is 22.7. The third-order valence-electron chi connectivity index (χ3n) is 6.72. The fourth-order valence-corrected chi connectivity index (χ4v) is 5.02. The SMILES string of the molecule is Cc1ccc([C@@H]2C(=C(O)c3ccc4c(c3)C[C@H](C)O4)C(=O)C(=O)N2CCCN2CCOCC2)o1. The number of benzene rings is 1. The first-order chi connectivity index (χ1) is 16.4. The Balaban J connectivity index is 1.46. The smallest absolute Gasteiger partial charge is 0.295 e. The number of ketones is 1. The topological polar surface area (TPSA) is 92.5 Å². The summed E-state index contributed by atoms with van der Waals surface area (Å²) in [5.41, 5.74) is 1.54. The molecule has 8 nitrogen and oxygen atoms in total. The number of aliphatic hydroxyl groups is 1. The first-order valence-electron chi connectivity index (χ1n) is 11.9. The summed E-state index contributed by atoms with van der Waals surface area (Å²) >= 11 is 0. The van der Waals surface area contributed by atoms with Crippen LogP contribution in [0.1, 0.15) is 42.0 Å². The van der Waals surface area contributed by atoms with Crippen molar-refractivity contribution in [1.29, 1.82) is 0 Å². The number of aryl methyl sites for hydroxylation is 1. The Kier molecular flexibility index (Phi) is 6.18. The first-order valence-corrected chi connectivity index (χ1v) is 11.9. The van der Waals surface area contributed by atoms with Crippen molar-refractivity contribution in [2.45, 2.75) is 38.8 Å². The summed E-state index contributed by atoms with van der Waals surface area (Å²) in [5.74, 6) is 0.454. The van der Waals surface area contributed by atoms with E-state index in [1.165, 1.54) is 4.90 Å². The van der Waals surface area contributed by atoms with Gasteiger partial charge in [0, 0.05) is 38.2 Å². The zero-order valence-corrected chi connectivity index (χ0v) is 19.6. The normalized spacial score (nSPS) is 24.5. The van der Waals surface area contributed by atoms with Crippen LogP contribution in [0.2, 0.25) is 0 Å². The highest BCUT2D eigenvalue weighted by molar-refractivity contribution is 6.46. The number of nitrogens with zero attached hydrogens (tertiary/aromatic N) is 2. The van der Waals surface area contributed by atoms with Crippen molar-refractivity contribution >= 4 is 17.4 Å². The van der Waals surface area contributed by atoms with Gasteiger partial charge < -0.3 is 23.9 Å². The Morgan fingerprint density at radius 2 is 1.91 bits per heavy atom. The molecule has 0 unspecified atom stereocenters. The van der Waals surface area contributed by atoms with Gasteiger partial charge in [0.25, 0.3) is 11.7 Å². The second-order valence-electron chi connectivity index (χ2n) is 9.20. The summed E-state index contributed by atoms with van der Waals surface area (Å²) < 4.78 is 17.0. The van der Waals surface area contributed by atoms with Crippen molar-refractivity contribution in [3.8, 4) is 5.75 Å². The van der Waals surface area contributed by atoms with Crippen molar-refractivity contribution in [2.24, 2.45) is 0 Å². The minimum atomic E-state index is -0.762. The van der Waals surface area contributed by atoms with Gasteiger partial charge in [0.05, 0.1) is 18.8 Å². The average molecular weight is 467 g/mol. The van der Waals surface area contributed by atoms with Gasteiger partial charge in [0.15, 0.2) is 0 Å². The number of rotatable bonds is 6. The van der Waals surface area contributed by atoms with E-state index in [1.54, 1.807) is 24.3 Å². The van der Waals surface area contributed by atoms with Crippen LogP contribution < -0.4 is 4.74 Å². The van der Waals surface area contributed by atoms with Gasteiger partial charge in [-0.15, -0.1) is 0 Å². The molecule has 1 amide bonds. The molecule has 180 valence electrons. The number of amides is 1. The number of morpholine rings is 1. The molecule has 4 heterocycles. The zero-order chi connectivity index (χ0) is 23.8. The van der Waals surface area contributed by atoms with Gasteiger partial charge in [-0.1, -0.05) is 0 Å². The molecule has 34 heavy (non-hydrogen) atoms. The molecular weight excluding hydrogens is 436 g/mol. The highest BCUT2D eigenvalue weighted by Crippen LogP contribution is 2.41. The summed E-state index contributed by atoms with van der Waals surface area (Å²) in [4.78, 5) is 30.1. The lowest BCUT2D eigenvalue weighted by atomic mass is 9.97. The van der Waals surface area contributed by atoms with Crippen LogP contribution in [0.3, 0.4) is 0 Å². The molecule has 2 fully saturated rings. The maximum absolute atomic E-state index is 13.2. The number of hydrogen-bond donors (Lipinski definition) is 1. The van der Waals surface area contributed by atoms with Gasteiger partial charge in [-0.2, -0.15) is 0 Å². The quantitative estimate of drug-likeness (QED) is 0.397. The Morgan fingerprint density at radius 3 is 2.65 bits per heavy atom. The monoisotopic (exact) mass is 466 g/mol. The summed E-state index contributed by atoms with van der Waals surface area (Å²) in [7, 11) is 0. The molecule has 3 aliphatic rings. The van der Waals surface area contributed by atoms with Crippen LogP contribution in [0.4, 0.5) is 0 Å². The van der Waals surface area contributed by atoms with Crippen LogP contribution in [-0.2, 0) is 20.7 Å². The molecule has 2 aromatic rings. The molecule has 1 aromatic heterocycles. The Hall–Kier alpha value is -3.10. The van der Waals surface area contributed by atoms with E-state index in [4.69, 9.17) is 13.9 Å². The minimum absolute atomic E-state index is 0.0653. The van der Waals surface area contributed by atoms with Crippen molar-refractivity contribution < 1.29 is 28.6 Å². The maximum Gasteiger partial charge on any atom is 0.295 e. The molecule has 1 aromatic carbocycles. The molecule has 5 rings (SSSR count). The van der Waals surface area contributed by atoms with Gasteiger partial charge in [0.2, 0.25) is 0 Å². The number of hydrogen-bond acceptors (Lipinski definition) is 7. The lowest BCUT2D eigenvalue weighted by Crippen LogP contribution is -2.38. The van der Waals surface area contributed by atoms with Crippen LogP contribution in [0, 0.1) is 6.92 Å². The number of furan rings is 1. The van der Waals surface area contributed by atoms with Crippen molar-refractivity contribution in [3.63, 3.8) is 0 Å². The maximum atomic E-state index is 13.2. The Labute approximate surface area is 198 Å².